The van der Waals surface area contributed by atoms with E-state index in [2.05, 4.69) is 50.4 Å². The number of benzene rings is 1. The van der Waals surface area contributed by atoms with E-state index in [0.717, 1.165) is 49.4 Å². The van der Waals surface area contributed by atoms with Crippen molar-refractivity contribution in [3.63, 3.8) is 0 Å². The Morgan fingerprint density at radius 2 is 1.86 bits per heavy atom. The predicted molar refractivity (Wildman–Crippen MR) is 158 cm³/mol. The SMILES string of the molecule is C1CC1.C=C(/C=C(\C)OCC1CCN(c2cc(OC)ccc2CCCC(C)(C)C)CC1)CCP(C)(=O)O. The Labute approximate surface area is 226 Å². The maximum atomic E-state index is 11.5. The molecule has 1 aliphatic carbocycles. The van der Waals surface area contributed by atoms with Gasteiger partial charge in [0.05, 0.1) is 19.5 Å². The third kappa shape index (κ3) is 14.1. The molecule has 1 aromatic carbocycles. The molecule has 1 unspecified atom stereocenters. The van der Waals surface area contributed by atoms with Crippen molar-refractivity contribution < 1.29 is 18.9 Å². The fourth-order valence-corrected chi connectivity index (χ4v) is 5.03. The van der Waals surface area contributed by atoms with Gasteiger partial charge >= 0.3 is 0 Å². The van der Waals surface area contributed by atoms with Crippen LogP contribution in [0.3, 0.4) is 0 Å². The Morgan fingerprint density at radius 3 is 2.41 bits per heavy atom. The van der Waals surface area contributed by atoms with Crippen molar-refractivity contribution in [1.29, 1.82) is 0 Å². The van der Waals surface area contributed by atoms with E-state index < -0.39 is 7.37 Å². The van der Waals surface area contributed by atoms with Gasteiger partial charge in [0.2, 0.25) is 0 Å². The van der Waals surface area contributed by atoms with Crippen molar-refractivity contribution >= 4 is 13.1 Å². The lowest BCUT2D eigenvalue weighted by Crippen LogP contribution is -2.35. The molecule has 0 radical (unpaired) electrons. The van der Waals surface area contributed by atoms with Crippen LogP contribution in [0.1, 0.15) is 84.6 Å². The van der Waals surface area contributed by atoms with Gasteiger partial charge in [-0.05, 0) is 74.5 Å². The lowest BCUT2D eigenvalue weighted by molar-refractivity contribution is 0.151. The first-order valence-electron chi connectivity index (χ1n) is 14.1. The lowest BCUT2D eigenvalue weighted by atomic mass is 9.88. The van der Waals surface area contributed by atoms with Gasteiger partial charge < -0.3 is 19.3 Å². The Bertz CT molecular complexity index is 915. The molecule has 5 nitrogen and oxygen atoms in total. The van der Waals surface area contributed by atoms with Crippen LogP contribution in [0.4, 0.5) is 5.69 Å². The standard InChI is InChI=1S/C28H46NO4P.C3H6/c1-22(14-18-34(7,30)31)19-23(2)33-21-24-12-16-29(17-13-24)27-20-26(32-6)11-10-25(27)9-8-15-28(3,4)5;1-2-3-1/h10-11,19-20,24H,1,8-9,12-18,21H2,2-7H3,(H,30,31);1-3H2/b23-19+;. The summed E-state index contributed by atoms with van der Waals surface area (Å²) in [5.74, 6) is 2.27. The van der Waals surface area contributed by atoms with Crippen LogP contribution in [0.25, 0.3) is 0 Å². The summed E-state index contributed by atoms with van der Waals surface area (Å²) in [4.78, 5) is 12.0. The second-order valence-corrected chi connectivity index (χ2v) is 14.7. The van der Waals surface area contributed by atoms with Crippen molar-refractivity contribution in [2.24, 2.45) is 11.3 Å². The van der Waals surface area contributed by atoms with Crippen molar-refractivity contribution in [3.8, 4) is 5.75 Å². The molecule has 2 fully saturated rings. The van der Waals surface area contributed by atoms with Crippen LogP contribution >= 0.6 is 7.37 Å². The zero-order valence-corrected chi connectivity index (χ0v) is 25.2. The number of allylic oxidation sites excluding steroid dienone is 3. The maximum absolute atomic E-state index is 11.5. The highest BCUT2D eigenvalue weighted by molar-refractivity contribution is 7.57. The summed E-state index contributed by atoms with van der Waals surface area (Å²) in [6, 6.07) is 6.52. The summed E-state index contributed by atoms with van der Waals surface area (Å²) < 4.78 is 23.0. The van der Waals surface area contributed by atoms with Crippen molar-refractivity contribution in [1.82, 2.24) is 0 Å². The van der Waals surface area contributed by atoms with E-state index in [4.69, 9.17) is 9.47 Å². The summed E-state index contributed by atoms with van der Waals surface area (Å²) in [6.07, 6.45) is 12.9. The summed E-state index contributed by atoms with van der Waals surface area (Å²) in [5, 5.41) is 0. The molecule has 1 atom stereocenters. The summed E-state index contributed by atoms with van der Waals surface area (Å²) >= 11 is 0. The fourth-order valence-electron chi connectivity index (χ4n) is 4.33. The topological polar surface area (TPSA) is 59.0 Å². The number of methoxy groups -OCH3 is 1. The minimum Gasteiger partial charge on any atom is -0.498 e. The van der Waals surface area contributed by atoms with Crippen LogP contribution in [-0.4, -0.2) is 44.5 Å². The minimum atomic E-state index is -3.00. The Balaban J connectivity index is 0.00000149. The molecule has 1 N–H and O–H groups in total. The van der Waals surface area contributed by atoms with Crippen molar-refractivity contribution in [3.05, 3.63) is 47.7 Å². The largest absolute Gasteiger partial charge is 0.498 e. The molecule has 1 aromatic rings. The summed E-state index contributed by atoms with van der Waals surface area (Å²) in [6.45, 7) is 17.0. The van der Waals surface area contributed by atoms with Crippen LogP contribution < -0.4 is 9.64 Å². The molecule has 37 heavy (non-hydrogen) atoms. The highest BCUT2D eigenvalue weighted by atomic mass is 31.2. The highest BCUT2D eigenvalue weighted by Crippen LogP contribution is 2.37. The van der Waals surface area contributed by atoms with Crippen LogP contribution in [0.2, 0.25) is 0 Å². The Kier molecular flexibility index (Phi) is 12.8. The van der Waals surface area contributed by atoms with Gasteiger partial charge in [-0.15, -0.1) is 0 Å². The molecule has 210 valence electrons. The van der Waals surface area contributed by atoms with Gasteiger partial charge in [-0.1, -0.05) is 58.3 Å². The normalized spacial score (nSPS) is 17.9. The van der Waals surface area contributed by atoms with Gasteiger partial charge in [0.15, 0.2) is 7.37 Å². The zero-order valence-electron chi connectivity index (χ0n) is 24.4. The molecule has 1 saturated carbocycles. The summed E-state index contributed by atoms with van der Waals surface area (Å²) in [5.41, 5.74) is 3.93. The molecule has 0 aromatic heterocycles. The van der Waals surface area contributed by atoms with E-state index in [1.54, 1.807) is 7.11 Å². The fraction of sp³-hybridized carbons (Fsp3) is 0.677. The van der Waals surface area contributed by atoms with E-state index in [-0.39, 0.29) is 6.16 Å². The second-order valence-electron chi connectivity index (χ2n) is 12.1. The highest BCUT2D eigenvalue weighted by Gasteiger charge is 2.22. The van der Waals surface area contributed by atoms with Gasteiger partial charge in [-0.3, -0.25) is 4.57 Å². The molecule has 0 bridgehead atoms. The van der Waals surface area contributed by atoms with Crippen molar-refractivity contribution in [2.45, 2.75) is 85.5 Å². The molecule has 1 aliphatic heterocycles. The number of nitrogens with zero attached hydrogens (tertiary/aromatic N) is 1. The van der Waals surface area contributed by atoms with E-state index in [0.29, 0.717) is 24.4 Å². The first-order valence-corrected chi connectivity index (χ1v) is 16.4. The van der Waals surface area contributed by atoms with Gasteiger partial charge in [-0.2, -0.15) is 0 Å². The molecule has 0 amide bonds. The van der Waals surface area contributed by atoms with E-state index in [1.165, 1.54) is 50.0 Å². The number of hydrogen-bond acceptors (Lipinski definition) is 4. The number of ether oxygens (including phenoxy) is 2. The maximum Gasteiger partial charge on any atom is 0.197 e. The van der Waals surface area contributed by atoms with Crippen molar-refractivity contribution in [2.75, 3.05) is 44.5 Å². The number of rotatable bonds is 12. The first kappa shape index (κ1) is 31.5. The molecule has 1 saturated heterocycles. The van der Waals surface area contributed by atoms with E-state index >= 15 is 0 Å². The summed E-state index contributed by atoms with van der Waals surface area (Å²) in [7, 11) is -1.26. The average Bonchev–Trinajstić information content (AvgIpc) is 3.70. The Morgan fingerprint density at radius 1 is 1.22 bits per heavy atom. The monoisotopic (exact) mass is 533 g/mol. The Hall–Kier alpha value is -1.71. The number of hydrogen-bond donors (Lipinski definition) is 1. The van der Waals surface area contributed by atoms with Crippen LogP contribution in [0.15, 0.2) is 42.2 Å². The molecule has 2 aliphatic rings. The minimum absolute atomic E-state index is 0.260. The third-order valence-corrected chi connectivity index (χ3v) is 7.83. The molecule has 0 spiro atoms. The predicted octanol–water partition coefficient (Wildman–Crippen LogP) is 8.22. The van der Waals surface area contributed by atoms with E-state index in [9.17, 15) is 9.46 Å². The van der Waals surface area contributed by atoms with Gasteiger partial charge in [0.25, 0.3) is 0 Å². The smallest absolute Gasteiger partial charge is 0.197 e. The second kappa shape index (κ2) is 15.0. The average molecular weight is 534 g/mol. The molecular weight excluding hydrogens is 481 g/mol. The van der Waals surface area contributed by atoms with Crippen LogP contribution in [-0.2, 0) is 15.7 Å². The van der Waals surface area contributed by atoms with Crippen LogP contribution in [0.5, 0.6) is 5.75 Å². The number of piperidine rings is 1. The lowest BCUT2D eigenvalue weighted by Gasteiger charge is -2.35. The molecule has 3 rings (SSSR count). The quantitative estimate of drug-likeness (QED) is 0.167. The van der Waals surface area contributed by atoms with Gasteiger partial charge in [0.1, 0.15) is 5.75 Å². The first-order chi connectivity index (χ1) is 17.4. The third-order valence-electron chi connectivity index (χ3n) is 6.78. The zero-order chi connectivity index (χ0) is 27.5. The number of aryl methyl sites for hydroxylation is 1. The number of anilines is 1. The van der Waals surface area contributed by atoms with E-state index in [1.807, 2.05) is 13.0 Å². The molecular formula is C31H52NO4P. The van der Waals surface area contributed by atoms with Gasteiger partial charge in [-0.25, -0.2) is 0 Å². The molecule has 6 heteroatoms. The van der Waals surface area contributed by atoms with Gasteiger partial charge in [0, 0.05) is 37.7 Å². The molecule has 1 heterocycles. The van der Waals surface area contributed by atoms with Crippen LogP contribution in [0, 0.1) is 11.3 Å².